The zero-order valence-corrected chi connectivity index (χ0v) is 27.3. The molecule has 4 unspecified atom stereocenters. The Morgan fingerprint density at radius 3 is 2.24 bits per heavy atom. The van der Waals surface area contributed by atoms with E-state index in [2.05, 4.69) is 17.6 Å². The number of phenolic OH excluding ortho intramolecular Hbond substituents is 1. The Morgan fingerprint density at radius 2 is 1.61 bits per heavy atom. The van der Waals surface area contributed by atoms with Crippen molar-refractivity contribution in [3.63, 3.8) is 0 Å². The lowest BCUT2D eigenvalue weighted by molar-refractivity contribution is -0.141. The molecule has 4 aromatic rings. The highest BCUT2D eigenvalue weighted by Crippen LogP contribution is 2.42. The zero-order valence-electron chi connectivity index (χ0n) is 27.3. The van der Waals surface area contributed by atoms with Gasteiger partial charge in [0.15, 0.2) is 0 Å². The number of fused-ring (bicyclic) bond motifs is 1. The molecule has 1 aliphatic carbocycles. The van der Waals surface area contributed by atoms with E-state index in [1.165, 1.54) is 0 Å². The SMILES string of the molecule is Cc1ccc(C(C(=O)Nc2ccc3ccccc3c2)N(C(=O)C(Cc2ccc(O)cc2)NC(=O)OC(C)(C)C)C2CC2C)c(C)c1. The van der Waals surface area contributed by atoms with Crippen molar-refractivity contribution in [3.8, 4) is 5.75 Å². The molecule has 5 rings (SSSR count). The Hall–Kier alpha value is -4.85. The van der Waals surface area contributed by atoms with E-state index in [1.54, 1.807) is 49.9 Å². The number of hydrogen-bond acceptors (Lipinski definition) is 5. The smallest absolute Gasteiger partial charge is 0.408 e. The minimum atomic E-state index is -1.03. The van der Waals surface area contributed by atoms with Gasteiger partial charge in [-0.1, -0.05) is 73.2 Å². The fourth-order valence-corrected chi connectivity index (χ4v) is 5.90. The molecule has 1 fully saturated rings. The van der Waals surface area contributed by atoms with E-state index in [0.717, 1.165) is 39.4 Å². The number of aryl methyl sites for hydroxylation is 2. The highest BCUT2D eigenvalue weighted by Gasteiger charge is 2.48. The van der Waals surface area contributed by atoms with Gasteiger partial charge in [-0.2, -0.15) is 0 Å². The number of benzene rings is 4. The quantitative estimate of drug-likeness (QED) is 0.183. The Bertz CT molecular complexity index is 1740. The molecule has 3 N–H and O–H groups in total. The molecule has 0 aliphatic heterocycles. The molecular weight excluding hydrogens is 578 g/mol. The summed E-state index contributed by atoms with van der Waals surface area (Å²) in [6.45, 7) is 11.3. The first kappa shape index (κ1) is 32.5. The number of alkyl carbamates (subject to hydrolysis) is 1. The summed E-state index contributed by atoms with van der Waals surface area (Å²) in [5.74, 6) is -0.454. The number of carbonyl (C=O) groups excluding carboxylic acids is 3. The number of hydrogen-bond donors (Lipinski definition) is 3. The third-order valence-electron chi connectivity index (χ3n) is 8.31. The summed E-state index contributed by atoms with van der Waals surface area (Å²) in [6.07, 6.45) is 0.147. The van der Waals surface area contributed by atoms with Crippen molar-refractivity contribution >= 4 is 34.4 Å². The van der Waals surface area contributed by atoms with Crippen molar-refractivity contribution in [1.29, 1.82) is 0 Å². The van der Waals surface area contributed by atoms with E-state index in [-0.39, 0.29) is 35.9 Å². The summed E-state index contributed by atoms with van der Waals surface area (Å²) < 4.78 is 5.55. The first-order chi connectivity index (χ1) is 21.8. The van der Waals surface area contributed by atoms with Gasteiger partial charge in [0.2, 0.25) is 5.91 Å². The van der Waals surface area contributed by atoms with Crippen LogP contribution in [0.1, 0.15) is 62.4 Å². The number of amides is 3. The lowest BCUT2D eigenvalue weighted by Gasteiger charge is -2.36. The van der Waals surface area contributed by atoms with E-state index in [9.17, 15) is 19.5 Å². The average molecular weight is 622 g/mol. The second-order valence-electron chi connectivity index (χ2n) is 13.4. The number of nitrogens with one attached hydrogen (secondary N) is 2. The standard InChI is InChI=1S/C38H43N3O5/c1-23-11-18-31(24(2)19-23)34(35(43)39-29-15-14-27-9-7-8-10-28(27)22-29)41(33-20-25(33)3)36(44)32(40-37(45)46-38(4,5)6)21-26-12-16-30(42)17-13-26/h7-19,22,25,32-34,42H,20-21H2,1-6H3,(H,39,43)(H,40,45). The van der Waals surface area contributed by atoms with E-state index in [4.69, 9.17) is 4.74 Å². The van der Waals surface area contributed by atoms with E-state index in [1.807, 2.05) is 74.5 Å². The molecule has 1 saturated carbocycles. The van der Waals surface area contributed by atoms with E-state index < -0.39 is 23.8 Å². The number of carbonyl (C=O) groups is 3. The number of phenols is 1. The fraction of sp³-hybridized carbons (Fsp3) is 0.342. The summed E-state index contributed by atoms with van der Waals surface area (Å²) in [5.41, 5.74) is 3.24. The Morgan fingerprint density at radius 1 is 0.935 bits per heavy atom. The van der Waals surface area contributed by atoms with Crippen LogP contribution in [-0.2, 0) is 20.7 Å². The van der Waals surface area contributed by atoms with Crippen LogP contribution in [0.5, 0.6) is 5.75 Å². The monoisotopic (exact) mass is 621 g/mol. The average Bonchev–Trinajstić information content (AvgIpc) is 3.71. The topological polar surface area (TPSA) is 108 Å². The minimum absolute atomic E-state index is 0.0976. The molecule has 0 spiro atoms. The maximum Gasteiger partial charge on any atom is 0.408 e. The van der Waals surface area contributed by atoms with Crippen LogP contribution in [0.2, 0.25) is 0 Å². The molecular formula is C38H43N3O5. The van der Waals surface area contributed by atoms with Crippen LogP contribution in [-0.4, -0.2) is 45.6 Å². The molecule has 8 heteroatoms. The maximum absolute atomic E-state index is 14.8. The molecule has 0 bridgehead atoms. The van der Waals surface area contributed by atoms with Crippen molar-refractivity contribution < 1.29 is 24.2 Å². The molecule has 0 aromatic heterocycles. The van der Waals surface area contributed by atoms with E-state index >= 15 is 0 Å². The van der Waals surface area contributed by atoms with Gasteiger partial charge in [-0.25, -0.2) is 4.79 Å². The molecule has 0 radical (unpaired) electrons. The molecule has 46 heavy (non-hydrogen) atoms. The molecule has 8 nitrogen and oxygen atoms in total. The molecule has 1 aliphatic rings. The van der Waals surface area contributed by atoms with Gasteiger partial charge < -0.3 is 25.4 Å². The number of ether oxygens (including phenoxy) is 1. The van der Waals surface area contributed by atoms with Gasteiger partial charge in [0.05, 0.1) is 0 Å². The lowest BCUT2D eigenvalue weighted by Crippen LogP contribution is -2.54. The second kappa shape index (κ2) is 13.3. The summed E-state index contributed by atoms with van der Waals surface area (Å²) >= 11 is 0. The summed E-state index contributed by atoms with van der Waals surface area (Å²) in [5, 5.41) is 17.8. The highest BCUT2D eigenvalue weighted by atomic mass is 16.6. The van der Waals surface area contributed by atoms with Crippen LogP contribution in [0.4, 0.5) is 10.5 Å². The number of anilines is 1. The molecule has 240 valence electrons. The minimum Gasteiger partial charge on any atom is -0.508 e. The number of rotatable bonds is 9. The Balaban J connectivity index is 1.55. The zero-order chi connectivity index (χ0) is 33.2. The fourth-order valence-electron chi connectivity index (χ4n) is 5.90. The third kappa shape index (κ3) is 7.86. The van der Waals surface area contributed by atoms with Crippen molar-refractivity contribution in [2.24, 2.45) is 5.92 Å². The van der Waals surface area contributed by atoms with E-state index in [0.29, 0.717) is 5.69 Å². The predicted molar refractivity (Wildman–Crippen MR) is 181 cm³/mol. The van der Waals surface area contributed by atoms with Gasteiger partial charge in [-0.05, 0) is 98.7 Å². The van der Waals surface area contributed by atoms with Crippen molar-refractivity contribution in [3.05, 3.63) is 107 Å². The van der Waals surface area contributed by atoms with Crippen LogP contribution in [0.25, 0.3) is 10.8 Å². The van der Waals surface area contributed by atoms with Gasteiger partial charge in [0.25, 0.3) is 5.91 Å². The van der Waals surface area contributed by atoms with Crippen LogP contribution >= 0.6 is 0 Å². The third-order valence-corrected chi connectivity index (χ3v) is 8.31. The Kier molecular flexibility index (Phi) is 9.37. The molecule has 4 atom stereocenters. The van der Waals surface area contributed by atoms with Crippen LogP contribution in [0, 0.1) is 19.8 Å². The van der Waals surface area contributed by atoms with Gasteiger partial charge in [0.1, 0.15) is 23.4 Å². The number of aromatic hydroxyl groups is 1. The van der Waals surface area contributed by atoms with Crippen molar-refractivity contribution in [2.45, 2.75) is 78.1 Å². The van der Waals surface area contributed by atoms with Gasteiger partial charge in [-0.15, -0.1) is 0 Å². The summed E-state index contributed by atoms with van der Waals surface area (Å²) in [4.78, 5) is 44.0. The van der Waals surface area contributed by atoms with Gasteiger partial charge >= 0.3 is 6.09 Å². The molecule has 0 saturated heterocycles. The normalized spacial score (nSPS) is 17.1. The largest absolute Gasteiger partial charge is 0.508 e. The summed E-state index contributed by atoms with van der Waals surface area (Å²) in [6, 6.07) is 23.9. The number of nitrogens with zero attached hydrogens (tertiary/aromatic N) is 1. The Labute approximate surface area is 270 Å². The summed E-state index contributed by atoms with van der Waals surface area (Å²) in [7, 11) is 0. The highest BCUT2D eigenvalue weighted by molar-refractivity contribution is 6.01. The van der Waals surface area contributed by atoms with Gasteiger partial charge in [0, 0.05) is 18.2 Å². The second-order valence-corrected chi connectivity index (χ2v) is 13.4. The predicted octanol–water partition coefficient (Wildman–Crippen LogP) is 7.22. The molecule has 0 heterocycles. The van der Waals surface area contributed by atoms with Crippen LogP contribution in [0.15, 0.2) is 84.9 Å². The maximum atomic E-state index is 14.8. The van der Waals surface area contributed by atoms with Gasteiger partial charge in [-0.3, -0.25) is 9.59 Å². The van der Waals surface area contributed by atoms with Crippen LogP contribution < -0.4 is 10.6 Å². The first-order valence-electron chi connectivity index (χ1n) is 15.8. The lowest BCUT2D eigenvalue weighted by atomic mass is 9.95. The van der Waals surface area contributed by atoms with Crippen LogP contribution in [0.3, 0.4) is 0 Å². The van der Waals surface area contributed by atoms with Crippen molar-refractivity contribution in [2.75, 3.05) is 5.32 Å². The first-order valence-corrected chi connectivity index (χ1v) is 15.8. The molecule has 4 aromatic carbocycles. The van der Waals surface area contributed by atoms with Crippen molar-refractivity contribution in [1.82, 2.24) is 10.2 Å². The molecule has 3 amide bonds.